The summed E-state index contributed by atoms with van der Waals surface area (Å²) in [7, 11) is 0. The zero-order chi connectivity index (χ0) is 46.5. The molecule has 0 fully saturated rings. The predicted molar refractivity (Wildman–Crippen MR) is 247 cm³/mol. The molecule has 18 nitrogen and oxygen atoms in total. The second kappa shape index (κ2) is 63.3. The standard InChI is InChI=1S/C47H96O18/c1-2-3-4-5-6-7-8-9-10-11-12-14-49-16-18-51-20-22-53-24-26-55-28-30-57-32-34-59-36-38-61-40-42-63-44-46-65-47-45-64-43-41-62-39-37-60-35-33-58-31-29-56-27-25-54-23-21-52-19-17-50-15-13-48/h48H,2-47H2,1H3. The van der Waals surface area contributed by atoms with Crippen LogP contribution in [0.1, 0.15) is 77.6 Å². The van der Waals surface area contributed by atoms with E-state index in [1.807, 2.05) is 0 Å². The summed E-state index contributed by atoms with van der Waals surface area (Å²) in [6.45, 7) is 19.9. The fourth-order valence-electron chi connectivity index (χ4n) is 5.55. The van der Waals surface area contributed by atoms with Gasteiger partial charge in [-0.3, -0.25) is 0 Å². The van der Waals surface area contributed by atoms with Crippen molar-refractivity contribution in [2.24, 2.45) is 0 Å². The molecule has 0 rings (SSSR count). The summed E-state index contributed by atoms with van der Waals surface area (Å²) >= 11 is 0. The third-order valence-corrected chi connectivity index (χ3v) is 9.08. The number of hydrogen-bond donors (Lipinski definition) is 1. The van der Waals surface area contributed by atoms with E-state index in [4.69, 9.17) is 85.6 Å². The zero-order valence-electron chi connectivity index (χ0n) is 40.9. The lowest BCUT2D eigenvalue weighted by Crippen LogP contribution is -2.16. The molecule has 0 aromatic carbocycles. The van der Waals surface area contributed by atoms with Crippen molar-refractivity contribution in [3.8, 4) is 0 Å². The van der Waals surface area contributed by atoms with E-state index in [1.54, 1.807) is 0 Å². The maximum Gasteiger partial charge on any atom is 0.0701 e. The van der Waals surface area contributed by atoms with Crippen molar-refractivity contribution in [3.63, 3.8) is 0 Å². The lowest BCUT2D eigenvalue weighted by Gasteiger charge is -2.09. The Morgan fingerprint density at radius 2 is 0.308 bits per heavy atom. The lowest BCUT2D eigenvalue weighted by atomic mass is 10.1. The summed E-state index contributed by atoms with van der Waals surface area (Å²) in [6, 6.07) is 0. The van der Waals surface area contributed by atoms with E-state index in [1.165, 1.54) is 64.2 Å². The van der Waals surface area contributed by atoms with E-state index in [0.717, 1.165) is 13.0 Å². The van der Waals surface area contributed by atoms with Crippen molar-refractivity contribution < 1.29 is 85.6 Å². The first-order chi connectivity index (χ1) is 32.4. The molecule has 0 unspecified atom stereocenters. The average Bonchev–Trinajstić information content (AvgIpc) is 3.32. The molecule has 0 radical (unpaired) electrons. The largest absolute Gasteiger partial charge is 0.394 e. The van der Waals surface area contributed by atoms with E-state index in [-0.39, 0.29) is 6.61 Å². The van der Waals surface area contributed by atoms with Crippen LogP contribution in [0.15, 0.2) is 0 Å². The van der Waals surface area contributed by atoms with Crippen molar-refractivity contribution in [1.29, 1.82) is 0 Å². The first-order valence-electron chi connectivity index (χ1n) is 24.8. The van der Waals surface area contributed by atoms with Crippen LogP contribution in [0, 0.1) is 0 Å². The van der Waals surface area contributed by atoms with E-state index in [0.29, 0.717) is 218 Å². The Bertz CT molecular complexity index is 746. The first-order valence-corrected chi connectivity index (χ1v) is 24.8. The van der Waals surface area contributed by atoms with E-state index >= 15 is 0 Å². The predicted octanol–water partition coefficient (Wildman–Crippen LogP) is 4.57. The van der Waals surface area contributed by atoms with Crippen LogP contribution in [-0.2, 0) is 80.5 Å². The molecule has 0 saturated heterocycles. The molecule has 65 heavy (non-hydrogen) atoms. The van der Waals surface area contributed by atoms with E-state index < -0.39 is 0 Å². The molecule has 0 spiro atoms. The van der Waals surface area contributed by atoms with Gasteiger partial charge >= 0.3 is 0 Å². The molecular weight excluding hydrogens is 852 g/mol. The molecule has 0 bridgehead atoms. The summed E-state index contributed by atoms with van der Waals surface area (Å²) in [5.41, 5.74) is 0. The zero-order valence-corrected chi connectivity index (χ0v) is 40.9. The monoisotopic (exact) mass is 949 g/mol. The van der Waals surface area contributed by atoms with Crippen LogP contribution < -0.4 is 0 Å². The van der Waals surface area contributed by atoms with E-state index in [9.17, 15) is 0 Å². The van der Waals surface area contributed by atoms with Crippen LogP contribution in [0.5, 0.6) is 0 Å². The first kappa shape index (κ1) is 64.3. The van der Waals surface area contributed by atoms with Crippen LogP contribution in [0.4, 0.5) is 0 Å². The number of unbranched alkanes of at least 4 members (excludes halogenated alkanes) is 10. The highest BCUT2D eigenvalue weighted by molar-refractivity contribution is 4.48. The van der Waals surface area contributed by atoms with Crippen molar-refractivity contribution >= 4 is 0 Å². The van der Waals surface area contributed by atoms with Crippen molar-refractivity contribution in [3.05, 3.63) is 0 Å². The van der Waals surface area contributed by atoms with Crippen LogP contribution >= 0.6 is 0 Å². The number of aliphatic hydroxyl groups is 1. The van der Waals surface area contributed by atoms with Gasteiger partial charge in [-0.15, -0.1) is 0 Å². The second-order valence-corrected chi connectivity index (χ2v) is 14.7. The summed E-state index contributed by atoms with van der Waals surface area (Å²) in [5, 5.41) is 8.60. The third-order valence-electron chi connectivity index (χ3n) is 9.08. The van der Waals surface area contributed by atoms with Gasteiger partial charge in [0.2, 0.25) is 0 Å². The molecule has 18 heteroatoms. The quantitative estimate of drug-likeness (QED) is 0.0839. The molecule has 0 aliphatic rings. The van der Waals surface area contributed by atoms with Gasteiger partial charge in [0.15, 0.2) is 0 Å². The Morgan fingerprint density at radius 3 is 0.477 bits per heavy atom. The average molecular weight is 949 g/mol. The summed E-state index contributed by atoms with van der Waals surface area (Å²) < 4.78 is 93.2. The molecule has 392 valence electrons. The van der Waals surface area contributed by atoms with Gasteiger partial charge in [-0.05, 0) is 6.42 Å². The van der Waals surface area contributed by atoms with E-state index in [2.05, 4.69) is 6.92 Å². The van der Waals surface area contributed by atoms with Gasteiger partial charge in [-0.2, -0.15) is 0 Å². The van der Waals surface area contributed by atoms with Gasteiger partial charge in [-0.25, -0.2) is 0 Å². The van der Waals surface area contributed by atoms with Crippen LogP contribution in [0.3, 0.4) is 0 Å². The van der Waals surface area contributed by atoms with Gasteiger partial charge < -0.3 is 85.6 Å². The highest BCUT2D eigenvalue weighted by Gasteiger charge is 1.99. The smallest absolute Gasteiger partial charge is 0.0701 e. The molecule has 0 saturated carbocycles. The molecule has 0 aromatic rings. The number of hydrogen-bond acceptors (Lipinski definition) is 18. The summed E-state index contributed by atoms with van der Waals surface area (Å²) in [5.74, 6) is 0. The molecular formula is C47H96O18. The topological polar surface area (TPSA) is 177 Å². The van der Waals surface area contributed by atoms with Crippen molar-refractivity contribution in [1.82, 2.24) is 0 Å². The highest BCUT2D eigenvalue weighted by atomic mass is 16.6. The fraction of sp³-hybridized carbons (Fsp3) is 1.00. The van der Waals surface area contributed by atoms with Gasteiger partial charge in [0.05, 0.1) is 225 Å². The molecule has 0 amide bonds. The van der Waals surface area contributed by atoms with Gasteiger partial charge in [-0.1, -0.05) is 71.1 Å². The maximum absolute atomic E-state index is 8.60. The molecule has 0 aliphatic heterocycles. The third kappa shape index (κ3) is 63.3. The normalized spacial score (nSPS) is 11.7. The minimum absolute atomic E-state index is 0.0220. The second-order valence-electron chi connectivity index (χ2n) is 14.7. The van der Waals surface area contributed by atoms with Crippen LogP contribution in [-0.4, -0.2) is 236 Å². The molecule has 0 aliphatic carbocycles. The Morgan fingerprint density at radius 1 is 0.169 bits per heavy atom. The Hall–Kier alpha value is -0.720. The lowest BCUT2D eigenvalue weighted by molar-refractivity contribution is -0.0308. The molecule has 0 atom stereocenters. The minimum Gasteiger partial charge on any atom is -0.394 e. The Balaban J connectivity index is 3.06. The minimum atomic E-state index is 0.0220. The molecule has 0 heterocycles. The molecule has 0 aromatic heterocycles. The van der Waals surface area contributed by atoms with Gasteiger partial charge in [0.1, 0.15) is 0 Å². The number of rotatable bonds is 62. The van der Waals surface area contributed by atoms with Gasteiger partial charge in [0, 0.05) is 6.61 Å². The Kier molecular flexibility index (Phi) is 62.6. The number of ether oxygens (including phenoxy) is 17. The summed E-state index contributed by atoms with van der Waals surface area (Å²) in [4.78, 5) is 0. The van der Waals surface area contributed by atoms with Crippen LogP contribution in [0.25, 0.3) is 0 Å². The summed E-state index contributed by atoms with van der Waals surface area (Å²) in [6.07, 6.45) is 14.8. The SMILES string of the molecule is CCCCCCCCCCCCCOCCOCCOCCOCCOCCOCCOCCOCCOCCOCCOCCOCCOCCOCCOCCOCCOCCO. The van der Waals surface area contributed by atoms with Crippen LogP contribution in [0.2, 0.25) is 0 Å². The van der Waals surface area contributed by atoms with Gasteiger partial charge in [0.25, 0.3) is 0 Å². The van der Waals surface area contributed by atoms with Crippen molar-refractivity contribution in [2.45, 2.75) is 77.6 Å². The maximum atomic E-state index is 8.60. The highest BCUT2D eigenvalue weighted by Crippen LogP contribution is 2.11. The van der Waals surface area contributed by atoms with Crippen molar-refractivity contribution in [2.75, 3.05) is 231 Å². The number of aliphatic hydroxyl groups excluding tert-OH is 1. The fourth-order valence-corrected chi connectivity index (χ4v) is 5.55. The Labute approximate surface area is 393 Å². The molecule has 1 N–H and O–H groups in total.